The third-order valence-electron chi connectivity index (χ3n) is 11.6. The number of likely N-dealkylation sites (tertiary alicyclic amines) is 1. The summed E-state index contributed by atoms with van der Waals surface area (Å²) in [6, 6.07) is 12.6. The number of sulfonamides is 1. The van der Waals surface area contributed by atoms with Crippen molar-refractivity contribution in [2.24, 2.45) is 11.3 Å². The van der Waals surface area contributed by atoms with Crippen LogP contribution in [0.25, 0.3) is 33.5 Å². The molecule has 1 aliphatic heterocycles. The van der Waals surface area contributed by atoms with E-state index in [4.69, 9.17) is 28.6 Å². The maximum absolute atomic E-state index is 15.0. The normalized spacial score (nSPS) is 21.2. The fourth-order valence-electron chi connectivity index (χ4n) is 8.03. The van der Waals surface area contributed by atoms with Crippen molar-refractivity contribution in [1.29, 1.82) is 0 Å². The Morgan fingerprint density at radius 3 is 2.46 bits per heavy atom. The van der Waals surface area contributed by atoms with Gasteiger partial charge in [0.2, 0.25) is 27.4 Å². The van der Waals surface area contributed by atoms with E-state index in [1.165, 1.54) is 22.3 Å². The van der Waals surface area contributed by atoms with Gasteiger partial charge >= 0.3 is 5.97 Å². The van der Waals surface area contributed by atoms with Crippen LogP contribution in [0.15, 0.2) is 71.0 Å². The van der Waals surface area contributed by atoms with Gasteiger partial charge in [0.15, 0.2) is 11.0 Å². The standard InChI is InChI=1S/C46H53N7O10S2/c1-8-27-22-46(27,43(57)52-65(58,59)31-18-19-31)51-40(55)33-21-30(23-53(33)42(56)38(45(5,6)7)49-44-47-28(24-64-44)20-35(54)60-9-2)62-41-37-36(32-12-10-11-13-34(32)63-37)48-39(50-41)26-14-16-29(17-15-26)61-25(3)4/h8,10-17,24-25,27,30-31,33,38H,1,9,18-23H2,2-7H3,(H,47,49)(H,51,55)(H,52,57)/t27-,30-,33+,38-,46-/m1/s1. The van der Waals surface area contributed by atoms with Crippen molar-refractivity contribution in [3.63, 3.8) is 0 Å². The number of furan rings is 1. The predicted molar refractivity (Wildman–Crippen MR) is 244 cm³/mol. The quantitative estimate of drug-likeness (QED) is 0.0727. The van der Waals surface area contributed by atoms with Crippen LogP contribution in [-0.2, 0) is 40.4 Å². The fraction of sp³-hybridized carbons (Fsp3) is 0.457. The molecular weight excluding hydrogens is 875 g/mol. The zero-order valence-corrected chi connectivity index (χ0v) is 38.7. The Kier molecular flexibility index (Phi) is 12.4. The summed E-state index contributed by atoms with van der Waals surface area (Å²) in [4.78, 5) is 71.4. The lowest BCUT2D eigenvalue weighted by atomic mass is 9.85. The summed E-state index contributed by atoms with van der Waals surface area (Å²) >= 11 is 1.22. The zero-order chi connectivity index (χ0) is 46.4. The van der Waals surface area contributed by atoms with Gasteiger partial charge in [-0.25, -0.2) is 18.4 Å². The molecule has 3 aromatic heterocycles. The number of ether oxygens (including phenoxy) is 3. The molecule has 344 valence electrons. The highest BCUT2D eigenvalue weighted by molar-refractivity contribution is 7.91. The number of anilines is 1. The molecule has 3 N–H and O–H groups in total. The summed E-state index contributed by atoms with van der Waals surface area (Å²) in [6.07, 6.45) is 1.58. The molecule has 8 rings (SSSR count). The average Bonchev–Trinajstić information content (AvgIpc) is 4.09. The van der Waals surface area contributed by atoms with E-state index < -0.39 is 74.0 Å². The second-order valence-electron chi connectivity index (χ2n) is 18.1. The monoisotopic (exact) mass is 927 g/mol. The fourth-order valence-corrected chi connectivity index (χ4v) is 10.1. The molecule has 19 heteroatoms. The first-order chi connectivity index (χ1) is 30.9. The van der Waals surface area contributed by atoms with Gasteiger partial charge in [0.25, 0.3) is 11.8 Å². The van der Waals surface area contributed by atoms with Crippen LogP contribution in [0.4, 0.5) is 5.13 Å². The van der Waals surface area contributed by atoms with Crippen molar-refractivity contribution >= 4 is 72.3 Å². The summed E-state index contributed by atoms with van der Waals surface area (Å²) < 4.78 is 51.9. The van der Waals surface area contributed by atoms with Crippen LogP contribution >= 0.6 is 11.3 Å². The highest BCUT2D eigenvalue weighted by Gasteiger charge is 2.62. The molecule has 2 aromatic carbocycles. The van der Waals surface area contributed by atoms with Crippen molar-refractivity contribution in [2.75, 3.05) is 18.5 Å². The average molecular weight is 928 g/mol. The van der Waals surface area contributed by atoms with E-state index in [1.807, 2.05) is 83.1 Å². The van der Waals surface area contributed by atoms with Gasteiger partial charge in [0, 0.05) is 28.7 Å². The molecule has 2 aliphatic carbocycles. The number of benzene rings is 2. The van der Waals surface area contributed by atoms with Gasteiger partial charge in [-0.3, -0.25) is 23.9 Å². The molecule has 4 heterocycles. The lowest BCUT2D eigenvalue weighted by Gasteiger charge is -2.35. The smallest absolute Gasteiger partial charge is 0.311 e. The highest BCUT2D eigenvalue weighted by atomic mass is 32.2. The summed E-state index contributed by atoms with van der Waals surface area (Å²) in [7, 11) is -3.94. The molecule has 0 bridgehead atoms. The van der Waals surface area contributed by atoms with Gasteiger partial charge in [0.05, 0.1) is 36.6 Å². The van der Waals surface area contributed by atoms with Gasteiger partial charge < -0.3 is 34.2 Å². The van der Waals surface area contributed by atoms with Crippen LogP contribution in [0.1, 0.15) is 72.9 Å². The Morgan fingerprint density at radius 1 is 1.06 bits per heavy atom. The van der Waals surface area contributed by atoms with Crippen LogP contribution < -0.4 is 24.8 Å². The molecule has 0 spiro atoms. The minimum absolute atomic E-state index is 0.0224. The third kappa shape index (κ3) is 9.66. The number of nitrogens with one attached hydrogen (secondary N) is 3. The van der Waals surface area contributed by atoms with Crippen LogP contribution in [0, 0.1) is 11.3 Å². The maximum atomic E-state index is 15.0. The van der Waals surface area contributed by atoms with Gasteiger partial charge in [-0.05, 0) is 81.8 Å². The molecule has 17 nitrogen and oxygen atoms in total. The summed E-state index contributed by atoms with van der Waals surface area (Å²) in [5.74, 6) is -1.85. The maximum Gasteiger partial charge on any atom is 0.311 e. The highest BCUT2D eigenvalue weighted by Crippen LogP contribution is 2.46. The molecule has 1 saturated heterocycles. The molecule has 65 heavy (non-hydrogen) atoms. The third-order valence-corrected chi connectivity index (χ3v) is 14.3. The van der Waals surface area contributed by atoms with E-state index >= 15 is 4.79 Å². The lowest BCUT2D eigenvalue weighted by Crippen LogP contribution is -2.58. The number of carbonyl (C=O) groups is 4. The molecule has 0 unspecified atom stereocenters. The first-order valence-corrected chi connectivity index (χ1v) is 24.1. The van der Waals surface area contributed by atoms with Crippen LogP contribution in [0.3, 0.4) is 0 Å². The van der Waals surface area contributed by atoms with Crippen LogP contribution in [0.5, 0.6) is 11.6 Å². The number of rotatable bonds is 17. The molecule has 3 fully saturated rings. The number of thiazole rings is 1. The molecule has 3 amide bonds. The first kappa shape index (κ1) is 45.5. The topological polar surface area (TPSA) is 221 Å². The van der Waals surface area contributed by atoms with Gasteiger partial charge in [-0.15, -0.1) is 17.9 Å². The van der Waals surface area contributed by atoms with E-state index in [2.05, 4.69) is 26.9 Å². The van der Waals surface area contributed by atoms with E-state index in [9.17, 15) is 22.8 Å². The molecular formula is C46H53N7O10S2. The van der Waals surface area contributed by atoms with Crippen molar-refractivity contribution in [3.05, 3.63) is 72.3 Å². The number of aromatic nitrogens is 3. The molecule has 0 radical (unpaired) electrons. The van der Waals surface area contributed by atoms with Gasteiger partial charge in [0.1, 0.15) is 40.6 Å². The Morgan fingerprint density at radius 2 is 1.80 bits per heavy atom. The Labute approximate surface area is 380 Å². The van der Waals surface area contributed by atoms with E-state index in [0.29, 0.717) is 51.9 Å². The molecule has 5 atom stereocenters. The number of hydrogen-bond acceptors (Lipinski definition) is 15. The molecule has 5 aromatic rings. The number of hydrogen-bond donors (Lipinski definition) is 3. The Bertz CT molecular complexity index is 2760. The van der Waals surface area contributed by atoms with Gasteiger partial charge in [-0.2, -0.15) is 4.98 Å². The number of amides is 3. The number of esters is 1. The second kappa shape index (κ2) is 17.7. The SMILES string of the molecule is C=C[C@@H]1C[C@]1(NC(=O)[C@@H]1C[C@@H](Oc2nc(-c3ccc(OC(C)C)cc3)nc3c2oc2ccccc23)CN1C(=O)[C@@H](Nc1nc(CC(=O)OCC)cs1)C(C)(C)C)C(=O)NS(=O)(=O)C1CC1. The Balaban J connectivity index is 1.13. The van der Waals surface area contributed by atoms with Crippen LogP contribution in [-0.4, -0.2) is 100 Å². The van der Waals surface area contributed by atoms with E-state index in [1.54, 1.807) is 12.3 Å². The van der Waals surface area contributed by atoms with Crippen LogP contribution in [0.2, 0.25) is 0 Å². The van der Waals surface area contributed by atoms with Crippen molar-refractivity contribution < 1.29 is 46.2 Å². The Hall–Kier alpha value is -6.08. The van der Waals surface area contributed by atoms with Crippen molar-refractivity contribution in [1.82, 2.24) is 29.9 Å². The number of carbonyl (C=O) groups excluding carboxylic acids is 4. The minimum Gasteiger partial charge on any atom is -0.491 e. The molecule has 2 saturated carbocycles. The largest absolute Gasteiger partial charge is 0.491 e. The molecule has 3 aliphatic rings. The summed E-state index contributed by atoms with van der Waals surface area (Å²) in [5, 5.41) is 8.27. The lowest BCUT2D eigenvalue weighted by molar-refractivity contribution is -0.142. The summed E-state index contributed by atoms with van der Waals surface area (Å²) in [6.45, 7) is 15.2. The number of para-hydroxylation sites is 1. The number of nitrogens with zero attached hydrogens (tertiary/aromatic N) is 4. The van der Waals surface area contributed by atoms with E-state index in [-0.39, 0.29) is 50.0 Å². The minimum atomic E-state index is -3.94. The second-order valence-corrected chi connectivity index (χ2v) is 20.9. The van der Waals surface area contributed by atoms with Gasteiger partial charge in [-0.1, -0.05) is 39.0 Å². The number of fused-ring (bicyclic) bond motifs is 3. The first-order valence-electron chi connectivity index (χ1n) is 21.7. The predicted octanol–water partition coefficient (Wildman–Crippen LogP) is 5.94. The zero-order valence-electron chi connectivity index (χ0n) is 37.1. The van der Waals surface area contributed by atoms with E-state index in [0.717, 1.165) is 5.39 Å². The summed E-state index contributed by atoms with van der Waals surface area (Å²) in [5.41, 5.74) is 0.145. The van der Waals surface area contributed by atoms with Crippen molar-refractivity contribution in [2.45, 2.75) is 109 Å². The van der Waals surface area contributed by atoms with Crippen molar-refractivity contribution in [3.8, 4) is 23.0 Å².